The summed E-state index contributed by atoms with van der Waals surface area (Å²) in [5, 5.41) is 2.62. The van der Waals surface area contributed by atoms with E-state index in [2.05, 4.69) is 20.9 Å². The van der Waals surface area contributed by atoms with Gasteiger partial charge in [-0.25, -0.2) is 4.99 Å². The Morgan fingerprint density at radius 1 is 1.04 bits per heavy atom. The van der Waals surface area contributed by atoms with Crippen molar-refractivity contribution < 1.29 is 4.79 Å². The molecule has 1 aliphatic heterocycles. The fourth-order valence-electron chi connectivity index (χ4n) is 2.65. The molecule has 0 spiro atoms. The minimum Gasteiger partial charge on any atom is -0.266 e. The van der Waals surface area contributed by atoms with Gasteiger partial charge in [0, 0.05) is 19.9 Å². The van der Waals surface area contributed by atoms with Gasteiger partial charge in [-0.15, -0.1) is 11.3 Å². The van der Waals surface area contributed by atoms with Crippen LogP contribution in [0.4, 0.5) is 5.69 Å². The smallest absolute Gasteiger partial charge is 0.266 e. The van der Waals surface area contributed by atoms with Gasteiger partial charge in [-0.3, -0.25) is 9.69 Å². The molecule has 1 aliphatic rings. The number of nitrogens with zero attached hydrogens (tertiary/aromatic N) is 2. The van der Waals surface area contributed by atoms with E-state index in [1.165, 1.54) is 0 Å². The zero-order valence-electron chi connectivity index (χ0n) is 13.4. The molecule has 4 rings (SSSR count). The third kappa shape index (κ3) is 3.38. The first-order valence-electron chi connectivity index (χ1n) is 7.82. The maximum absolute atomic E-state index is 13.1. The summed E-state index contributed by atoms with van der Waals surface area (Å²) >= 11 is 11.0. The van der Waals surface area contributed by atoms with Gasteiger partial charge >= 0.3 is 0 Å². The fraction of sp³-hybridized carbons (Fsp3) is 0. The van der Waals surface area contributed by atoms with Gasteiger partial charge in [0.1, 0.15) is 11.5 Å². The molecule has 26 heavy (non-hydrogen) atoms. The quantitative estimate of drug-likeness (QED) is 0.457. The maximum atomic E-state index is 13.1. The molecule has 3 nitrogen and oxygen atoms in total. The lowest BCUT2D eigenvalue weighted by atomic mass is 10.2. The Morgan fingerprint density at radius 3 is 2.42 bits per heavy atom. The summed E-state index contributed by atoms with van der Waals surface area (Å²) in [6.07, 6.45) is 1.82. The Labute approximate surface area is 168 Å². The average Bonchev–Trinajstić information content (AvgIpc) is 3.26. The van der Waals surface area contributed by atoms with Gasteiger partial charge in [-0.1, -0.05) is 33.6 Å². The highest BCUT2D eigenvalue weighted by Crippen LogP contribution is 2.29. The highest BCUT2D eigenvalue weighted by Gasteiger charge is 2.32. The second-order valence-electron chi connectivity index (χ2n) is 5.60. The van der Waals surface area contributed by atoms with Gasteiger partial charge in [-0.05, 0) is 66.1 Å². The van der Waals surface area contributed by atoms with E-state index in [0.717, 1.165) is 20.6 Å². The van der Waals surface area contributed by atoms with E-state index in [0.29, 0.717) is 16.6 Å². The third-order valence-corrected chi connectivity index (χ3v) is 5.47. The second kappa shape index (κ2) is 7.19. The molecule has 0 saturated carbocycles. The molecule has 0 fully saturated rings. The highest BCUT2D eigenvalue weighted by molar-refractivity contribution is 9.10. The van der Waals surface area contributed by atoms with Gasteiger partial charge in [0.2, 0.25) is 0 Å². The van der Waals surface area contributed by atoms with E-state index in [1.54, 1.807) is 28.4 Å². The zero-order chi connectivity index (χ0) is 18.1. The molecule has 6 heteroatoms. The van der Waals surface area contributed by atoms with Gasteiger partial charge in [0.15, 0.2) is 0 Å². The van der Waals surface area contributed by atoms with Gasteiger partial charge in [0.05, 0.1) is 5.69 Å². The van der Waals surface area contributed by atoms with E-state index in [-0.39, 0.29) is 5.91 Å². The molecule has 3 aromatic rings. The van der Waals surface area contributed by atoms with Crippen LogP contribution in [-0.4, -0.2) is 11.7 Å². The number of carbonyl (C=O) groups is 1. The predicted octanol–water partition coefficient (Wildman–Crippen LogP) is 6.00. The molecule has 128 valence electrons. The number of carbonyl (C=O) groups excluding carboxylic acids is 1. The van der Waals surface area contributed by atoms with Gasteiger partial charge in [-0.2, -0.15) is 0 Å². The van der Waals surface area contributed by atoms with Crippen molar-refractivity contribution in [3.8, 4) is 0 Å². The Kier molecular flexibility index (Phi) is 4.76. The van der Waals surface area contributed by atoms with E-state index >= 15 is 0 Å². The van der Waals surface area contributed by atoms with Crippen LogP contribution in [0.3, 0.4) is 0 Å². The van der Waals surface area contributed by atoms with Gasteiger partial charge in [0.25, 0.3) is 5.91 Å². The lowest BCUT2D eigenvalue weighted by Crippen LogP contribution is -2.32. The molecule has 0 atom stereocenters. The normalized spacial score (nSPS) is 15.6. The first-order valence-corrected chi connectivity index (χ1v) is 9.87. The minimum absolute atomic E-state index is 0.148. The van der Waals surface area contributed by atoms with Crippen LogP contribution in [0.5, 0.6) is 0 Å². The molecule has 1 amide bonds. The number of hydrogen-bond acceptors (Lipinski definition) is 3. The number of thiophene rings is 1. The molecule has 2 aromatic carbocycles. The Hall–Kier alpha value is -2.21. The van der Waals surface area contributed by atoms with E-state index in [4.69, 9.17) is 11.6 Å². The van der Waals surface area contributed by atoms with Crippen LogP contribution in [0.15, 0.2) is 81.2 Å². The summed E-state index contributed by atoms with van der Waals surface area (Å²) in [4.78, 5) is 20.3. The van der Waals surface area contributed by atoms with Crippen molar-refractivity contribution in [3.63, 3.8) is 0 Å². The lowest BCUT2D eigenvalue weighted by molar-refractivity contribution is -0.113. The SMILES string of the molecule is O=C1/C(=C\c2cccs2)N=C(c2ccc(Cl)cc2)N1c1ccc(Br)cc1. The van der Waals surface area contributed by atoms with Crippen molar-refractivity contribution in [2.75, 3.05) is 4.90 Å². The topological polar surface area (TPSA) is 32.7 Å². The Morgan fingerprint density at radius 2 is 1.77 bits per heavy atom. The van der Waals surface area contributed by atoms with E-state index in [9.17, 15) is 4.79 Å². The zero-order valence-corrected chi connectivity index (χ0v) is 16.6. The van der Waals surface area contributed by atoms with Crippen molar-refractivity contribution >= 4 is 62.4 Å². The number of aliphatic imine (C=N–C) groups is 1. The molecule has 2 heterocycles. The number of amidine groups is 1. The standard InChI is InChI=1S/C20H12BrClN2OS/c21-14-5-9-16(10-6-14)24-19(13-3-7-15(22)8-4-13)23-18(20(24)25)12-17-2-1-11-26-17/h1-12H/b18-12+. The van der Waals surface area contributed by atoms with E-state index < -0.39 is 0 Å². The summed E-state index contributed by atoms with van der Waals surface area (Å²) in [7, 11) is 0. The Balaban J connectivity index is 1.82. The molecule has 0 radical (unpaired) electrons. The van der Waals surface area contributed by atoms with Crippen molar-refractivity contribution in [1.82, 2.24) is 0 Å². The highest BCUT2D eigenvalue weighted by atomic mass is 79.9. The number of halogens is 2. The number of benzene rings is 2. The largest absolute Gasteiger partial charge is 0.282 e. The van der Waals surface area contributed by atoms with Crippen LogP contribution in [-0.2, 0) is 4.79 Å². The van der Waals surface area contributed by atoms with Crippen LogP contribution >= 0.6 is 38.9 Å². The molecule has 1 aromatic heterocycles. The third-order valence-electron chi connectivity index (χ3n) is 3.87. The van der Waals surface area contributed by atoms with Crippen molar-refractivity contribution in [2.45, 2.75) is 0 Å². The molecule has 0 unspecified atom stereocenters. The minimum atomic E-state index is -0.148. The maximum Gasteiger partial charge on any atom is 0.282 e. The monoisotopic (exact) mass is 442 g/mol. The summed E-state index contributed by atoms with van der Waals surface area (Å²) in [5.74, 6) is 0.447. The van der Waals surface area contributed by atoms with Crippen LogP contribution in [0.1, 0.15) is 10.4 Å². The Bertz CT molecular complexity index is 1010. The summed E-state index contributed by atoms with van der Waals surface area (Å²) in [6.45, 7) is 0. The van der Waals surface area contributed by atoms with Crippen LogP contribution in [0.2, 0.25) is 5.02 Å². The van der Waals surface area contributed by atoms with E-state index in [1.807, 2.05) is 60.0 Å². The van der Waals surface area contributed by atoms with Gasteiger partial charge < -0.3 is 0 Å². The molecule has 0 N–H and O–H groups in total. The molecular formula is C20H12BrClN2OS. The molecule has 0 aliphatic carbocycles. The van der Waals surface area contributed by atoms with Crippen LogP contribution in [0, 0.1) is 0 Å². The second-order valence-corrected chi connectivity index (χ2v) is 7.94. The molecule has 0 saturated heterocycles. The summed E-state index contributed by atoms with van der Waals surface area (Å²) in [5.41, 5.74) is 2.02. The number of rotatable bonds is 3. The van der Waals surface area contributed by atoms with Crippen molar-refractivity contribution in [3.05, 3.63) is 91.7 Å². The van der Waals surface area contributed by atoms with Crippen molar-refractivity contribution in [1.29, 1.82) is 0 Å². The predicted molar refractivity (Wildman–Crippen MR) is 112 cm³/mol. The summed E-state index contributed by atoms with van der Waals surface area (Å²) in [6, 6.07) is 18.8. The summed E-state index contributed by atoms with van der Waals surface area (Å²) < 4.78 is 0.951. The van der Waals surface area contributed by atoms with Crippen molar-refractivity contribution in [2.24, 2.45) is 4.99 Å². The average molecular weight is 444 g/mol. The number of amides is 1. The number of hydrogen-bond donors (Lipinski definition) is 0. The first-order chi connectivity index (χ1) is 12.6. The number of anilines is 1. The van der Waals surface area contributed by atoms with Crippen LogP contribution < -0.4 is 4.90 Å². The molecule has 0 bridgehead atoms. The van der Waals surface area contributed by atoms with Crippen LogP contribution in [0.25, 0.3) is 6.08 Å². The fourth-order valence-corrected chi connectivity index (χ4v) is 3.69. The lowest BCUT2D eigenvalue weighted by Gasteiger charge is -2.18. The first kappa shape index (κ1) is 17.2. The molecular weight excluding hydrogens is 432 g/mol.